The fourth-order valence-corrected chi connectivity index (χ4v) is 6.60. The minimum absolute atomic E-state index is 0.157. The molecule has 9 rings (SSSR count). The van der Waals surface area contributed by atoms with Crippen molar-refractivity contribution in [2.75, 3.05) is 0 Å². The maximum absolute atomic E-state index is 6.82. The Morgan fingerprint density at radius 2 is 0.619 bits per heavy atom. The standard InChI is InChI=1S/C36H22B2O4/c1-3-13-23(14-4-1)37-25-17-7-9-19-27(25)39-33-31(37)35-36(42-30-22-12-11-21-29(30)41-35)32-34(33)40-28-20-10-8-18-26(28)38(32)24-15-5-2-6-16-24/h1-22H. The molecule has 6 aromatic rings. The van der Waals surface area contributed by atoms with Gasteiger partial charge in [-0.3, -0.25) is 0 Å². The highest BCUT2D eigenvalue weighted by Gasteiger charge is 2.47. The van der Waals surface area contributed by atoms with Crippen LogP contribution in [0.25, 0.3) is 0 Å². The average molecular weight is 540 g/mol. The third kappa shape index (κ3) is 3.39. The minimum Gasteiger partial charge on any atom is -0.454 e. The first kappa shape index (κ1) is 23.4. The molecular formula is C36H22B2O4. The van der Waals surface area contributed by atoms with Crippen molar-refractivity contribution < 1.29 is 18.9 Å². The Hall–Kier alpha value is -5.35. The van der Waals surface area contributed by atoms with Crippen LogP contribution in [0.1, 0.15) is 0 Å². The molecule has 3 aliphatic rings. The summed E-state index contributed by atoms with van der Waals surface area (Å²) in [6.07, 6.45) is 0. The number of benzene rings is 6. The van der Waals surface area contributed by atoms with E-state index in [4.69, 9.17) is 18.9 Å². The monoisotopic (exact) mass is 540 g/mol. The van der Waals surface area contributed by atoms with Crippen LogP contribution < -0.4 is 51.7 Å². The molecule has 6 aromatic carbocycles. The lowest BCUT2D eigenvalue weighted by Gasteiger charge is -2.37. The quantitative estimate of drug-likeness (QED) is 0.295. The van der Waals surface area contributed by atoms with E-state index < -0.39 is 0 Å². The summed E-state index contributed by atoms with van der Waals surface area (Å²) in [6, 6.07) is 45.2. The summed E-state index contributed by atoms with van der Waals surface area (Å²) in [5.74, 6) is 5.60. The second-order valence-corrected chi connectivity index (χ2v) is 10.8. The molecule has 42 heavy (non-hydrogen) atoms. The maximum atomic E-state index is 6.82. The van der Waals surface area contributed by atoms with Gasteiger partial charge in [0, 0.05) is 10.9 Å². The van der Waals surface area contributed by atoms with Gasteiger partial charge in [0.05, 0.1) is 0 Å². The highest BCUT2D eigenvalue weighted by atomic mass is 16.6. The van der Waals surface area contributed by atoms with E-state index in [2.05, 4.69) is 72.8 Å². The van der Waals surface area contributed by atoms with Crippen LogP contribution in [0.5, 0.6) is 46.0 Å². The first-order valence-electron chi connectivity index (χ1n) is 14.2. The average Bonchev–Trinajstić information content (AvgIpc) is 3.06. The van der Waals surface area contributed by atoms with Crippen LogP contribution in [0.15, 0.2) is 133 Å². The second-order valence-electron chi connectivity index (χ2n) is 10.8. The van der Waals surface area contributed by atoms with E-state index in [0.29, 0.717) is 34.5 Å². The molecule has 0 radical (unpaired) electrons. The van der Waals surface area contributed by atoms with E-state index in [1.165, 1.54) is 0 Å². The predicted molar refractivity (Wildman–Crippen MR) is 168 cm³/mol. The lowest BCUT2D eigenvalue weighted by atomic mass is 9.33. The fraction of sp³-hybridized carbons (Fsp3) is 0. The molecule has 0 aromatic heterocycles. The molecule has 0 saturated heterocycles. The Balaban J connectivity index is 1.41. The minimum atomic E-state index is -0.157. The van der Waals surface area contributed by atoms with E-state index in [9.17, 15) is 0 Å². The Morgan fingerprint density at radius 1 is 0.310 bits per heavy atom. The normalized spacial score (nSPS) is 13.4. The van der Waals surface area contributed by atoms with Gasteiger partial charge in [-0.2, -0.15) is 0 Å². The number of fused-ring (bicyclic) bond motifs is 9. The molecule has 0 N–H and O–H groups in total. The molecule has 0 saturated carbocycles. The number of rotatable bonds is 2. The summed E-state index contributed by atoms with van der Waals surface area (Å²) in [4.78, 5) is 0. The van der Waals surface area contributed by atoms with Crippen LogP contribution in [0.4, 0.5) is 0 Å². The summed E-state index contributed by atoms with van der Waals surface area (Å²) in [5, 5.41) is 0. The van der Waals surface area contributed by atoms with Crippen molar-refractivity contribution in [3.63, 3.8) is 0 Å². The van der Waals surface area contributed by atoms with E-state index in [0.717, 1.165) is 44.3 Å². The van der Waals surface area contributed by atoms with Crippen LogP contribution in [0.2, 0.25) is 0 Å². The van der Waals surface area contributed by atoms with Crippen molar-refractivity contribution >= 4 is 46.2 Å². The Labute approximate surface area is 244 Å². The third-order valence-electron chi connectivity index (χ3n) is 8.39. The molecule has 0 atom stereocenters. The van der Waals surface area contributed by atoms with E-state index >= 15 is 0 Å². The van der Waals surface area contributed by atoms with Crippen molar-refractivity contribution in [2.45, 2.75) is 0 Å². The molecule has 0 fully saturated rings. The van der Waals surface area contributed by atoms with Gasteiger partial charge in [-0.05, 0) is 35.2 Å². The summed E-state index contributed by atoms with van der Waals surface area (Å²) in [5.41, 5.74) is 6.20. The van der Waals surface area contributed by atoms with Crippen LogP contribution in [-0.2, 0) is 0 Å². The first-order valence-corrected chi connectivity index (χ1v) is 14.2. The van der Waals surface area contributed by atoms with Crippen molar-refractivity contribution in [3.8, 4) is 46.0 Å². The molecule has 0 unspecified atom stereocenters. The molecule has 0 amide bonds. The molecule has 0 bridgehead atoms. The Morgan fingerprint density at radius 3 is 1.02 bits per heavy atom. The molecule has 4 nitrogen and oxygen atoms in total. The van der Waals surface area contributed by atoms with E-state index in [-0.39, 0.29) is 13.4 Å². The van der Waals surface area contributed by atoms with Gasteiger partial charge in [0.1, 0.15) is 11.5 Å². The molecule has 0 spiro atoms. The van der Waals surface area contributed by atoms with Crippen LogP contribution in [0, 0.1) is 0 Å². The molecule has 3 aliphatic heterocycles. The molecular weight excluding hydrogens is 518 g/mol. The van der Waals surface area contributed by atoms with Gasteiger partial charge >= 0.3 is 0 Å². The predicted octanol–water partition coefficient (Wildman–Crippen LogP) is 4.83. The summed E-state index contributed by atoms with van der Waals surface area (Å²) >= 11 is 0. The molecule has 6 heteroatoms. The molecule has 3 heterocycles. The summed E-state index contributed by atoms with van der Waals surface area (Å²) in [6.45, 7) is -0.315. The van der Waals surface area contributed by atoms with Crippen molar-refractivity contribution in [1.29, 1.82) is 0 Å². The third-order valence-corrected chi connectivity index (χ3v) is 8.39. The first-order chi connectivity index (χ1) is 20.8. The Kier molecular flexibility index (Phi) is 5.05. The van der Waals surface area contributed by atoms with Crippen molar-refractivity contribution in [3.05, 3.63) is 133 Å². The SMILES string of the molecule is c1ccc(B2c3ccccc3Oc3c4c(c5c(c32)Oc2ccccc2O5)B(c2ccccc2)c2ccccc2O4)cc1. The van der Waals surface area contributed by atoms with E-state index in [1.54, 1.807) is 0 Å². The second kappa shape index (κ2) is 9.08. The summed E-state index contributed by atoms with van der Waals surface area (Å²) in [7, 11) is 0. The lowest BCUT2D eigenvalue weighted by molar-refractivity contribution is 0.356. The highest BCUT2D eigenvalue weighted by molar-refractivity contribution is 6.99. The molecule has 0 aliphatic carbocycles. The topological polar surface area (TPSA) is 36.9 Å². The smallest absolute Gasteiger partial charge is 0.256 e. The van der Waals surface area contributed by atoms with Gasteiger partial charge in [-0.15, -0.1) is 0 Å². The zero-order chi connectivity index (χ0) is 27.6. The zero-order valence-electron chi connectivity index (χ0n) is 22.5. The highest BCUT2D eigenvalue weighted by Crippen LogP contribution is 2.50. The van der Waals surface area contributed by atoms with Crippen LogP contribution in [0.3, 0.4) is 0 Å². The number of hydrogen-bond donors (Lipinski definition) is 0. The largest absolute Gasteiger partial charge is 0.454 e. The van der Waals surface area contributed by atoms with Gasteiger partial charge in [0.15, 0.2) is 34.5 Å². The van der Waals surface area contributed by atoms with E-state index in [1.807, 2.05) is 60.7 Å². The van der Waals surface area contributed by atoms with Crippen LogP contribution >= 0.6 is 0 Å². The molecule has 196 valence electrons. The zero-order valence-corrected chi connectivity index (χ0v) is 22.5. The van der Waals surface area contributed by atoms with Gasteiger partial charge < -0.3 is 18.9 Å². The van der Waals surface area contributed by atoms with Crippen LogP contribution in [-0.4, -0.2) is 13.4 Å². The van der Waals surface area contributed by atoms with Gasteiger partial charge in [-0.1, -0.05) is 120 Å². The number of hydrogen-bond acceptors (Lipinski definition) is 4. The van der Waals surface area contributed by atoms with Gasteiger partial charge in [-0.25, -0.2) is 0 Å². The fourth-order valence-electron chi connectivity index (χ4n) is 6.60. The summed E-state index contributed by atoms with van der Waals surface area (Å²) < 4.78 is 27.3. The number of ether oxygens (including phenoxy) is 4. The Bertz CT molecular complexity index is 1840. The van der Waals surface area contributed by atoms with Gasteiger partial charge in [0.2, 0.25) is 0 Å². The maximum Gasteiger partial charge on any atom is 0.256 e. The number of para-hydroxylation sites is 4. The van der Waals surface area contributed by atoms with Crippen molar-refractivity contribution in [1.82, 2.24) is 0 Å². The van der Waals surface area contributed by atoms with Gasteiger partial charge in [0.25, 0.3) is 13.4 Å². The lowest BCUT2D eigenvalue weighted by Crippen LogP contribution is -2.59. The van der Waals surface area contributed by atoms with Crippen molar-refractivity contribution in [2.24, 2.45) is 0 Å².